The smallest absolute Gasteiger partial charge is 0.311 e. The van der Waals surface area contributed by atoms with Crippen LogP contribution in [-0.4, -0.2) is 60.9 Å². The molecule has 0 aromatic carbocycles. The zero-order chi connectivity index (χ0) is 13.3. The van der Waals surface area contributed by atoms with Crippen LogP contribution >= 0.6 is 0 Å². The molecule has 1 N–H and O–H groups in total. The Morgan fingerprint density at radius 3 is 2.56 bits per heavy atom. The molecule has 102 valence electrons. The van der Waals surface area contributed by atoms with Gasteiger partial charge in [0.15, 0.2) is 0 Å². The average Bonchev–Trinajstić information content (AvgIpc) is 2.72. The van der Waals surface area contributed by atoms with Crippen molar-refractivity contribution in [2.45, 2.75) is 32.7 Å². The van der Waals surface area contributed by atoms with Gasteiger partial charge in [-0.25, -0.2) is 0 Å². The second-order valence-electron chi connectivity index (χ2n) is 5.93. The summed E-state index contributed by atoms with van der Waals surface area (Å²) in [6, 6.07) is 0.0628. The molecular formula is C13H23N3O2. The molecule has 0 aliphatic carbocycles. The van der Waals surface area contributed by atoms with Gasteiger partial charge >= 0.3 is 11.8 Å². The highest BCUT2D eigenvalue weighted by atomic mass is 16.2. The molecule has 2 rings (SSSR count). The summed E-state index contributed by atoms with van der Waals surface area (Å²) in [7, 11) is 2.09. The van der Waals surface area contributed by atoms with Crippen LogP contribution in [-0.2, 0) is 9.59 Å². The minimum absolute atomic E-state index is 0.0628. The third-order valence-electron chi connectivity index (χ3n) is 4.12. The normalized spacial score (nSPS) is 23.8. The third kappa shape index (κ3) is 2.51. The largest absolute Gasteiger partial charge is 0.345 e. The van der Waals surface area contributed by atoms with E-state index in [2.05, 4.69) is 17.3 Å². The van der Waals surface area contributed by atoms with Crippen molar-refractivity contribution in [2.24, 2.45) is 5.41 Å². The monoisotopic (exact) mass is 253 g/mol. The van der Waals surface area contributed by atoms with E-state index < -0.39 is 5.91 Å². The molecule has 2 aliphatic rings. The molecular weight excluding hydrogens is 230 g/mol. The van der Waals surface area contributed by atoms with E-state index in [0.29, 0.717) is 0 Å². The van der Waals surface area contributed by atoms with Gasteiger partial charge < -0.3 is 15.1 Å². The number of nitrogens with zero attached hydrogens (tertiary/aromatic N) is 2. The van der Waals surface area contributed by atoms with Gasteiger partial charge in [-0.3, -0.25) is 9.59 Å². The summed E-state index contributed by atoms with van der Waals surface area (Å²) >= 11 is 0. The Morgan fingerprint density at radius 1 is 1.33 bits per heavy atom. The third-order valence-corrected chi connectivity index (χ3v) is 4.12. The highest BCUT2D eigenvalue weighted by molar-refractivity contribution is 6.35. The number of carbonyl (C=O) groups excluding carboxylic acids is 2. The van der Waals surface area contributed by atoms with Crippen LogP contribution in [0.15, 0.2) is 0 Å². The van der Waals surface area contributed by atoms with Gasteiger partial charge in [0.25, 0.3) is 0 Å². The van der Waals surface area contributed by atoms with Crippen LogP contribution in [0, 0.1) is 5.41 Å². The van der Waals surface area contributed by atoms with Crippen molar-refractivity contribution in [3.05, 3.63) is 0 Å². The molecule has 5 nitrogen and oxygen atoms in total. The van der Waals surface area contributed by atoms with Gasteiger partial charge in [-0.15, -0.1) is 0 Å². The van der Waals surface area contributed by atoms with Gasteiger partial charge in [0.2, 0.25) is 0 Å². The molecule has 2 saturated heterocycles. The molecule has 0 aromatic rings. The van der Waals surface area contributed by atoms with Crippen molar-refractivity contribution >= 4 is 11.8 Å². The topological polar surface area (TPSA) is 52.7 Å². The average molecular weight is 253 g/mol. The lowest BCUT2D eigenvalue weighted by Gasteiger charge is -2.46. The molecule has 1 spiro atoms. The lowest BCUT2D eigenvalue weighted by molar-refractivity contribution is -0.146. The fourth-order valence-electron chi connectivity index (χ4n) is 3.00. The lowest BCUT2D eigenvalue weighted by Crippen LogP contribution is -2.56. The van der Waals surface area contributed by atoms with Gasteiger partial charge in [0.05, 0.1) is 0 Å². The summed E-state index contributed by atoms with van der Waals surface area (Å²) in [6.45, 7) is 7.46. The van der Waals surface area contributed by atoms with Gasteiger partial charge in [0, 0.05) is 37.6 Å². The zero-order valence-electron chi connectivity index (χ0n) is 11.5. The molecule has 0 saturated carbocycles. The van der Waals surface area contributed by atoms with E-state index in [1.165, 1.54) is 0 Å². The first-order valence-corrected chi connectivity index (χ1v) is 6.74. The first-order valence-electron chi connectivity index (χ1n) is 6.74. The predicted molar refractivity (Wildman–Crippen MR) is 69.0 cm³/mol. The van der Waals surface area contributed by atoms with E-state index in [1.54, 1.807) is 4.90 Å². The number of likely N-dealkylation sites (tertiary alicyclic amines) is 2. The van der Waals surface area contributed by atoms with Crippen LogP contribution in [0.4, 0.5) is 0 Å². The predicted octanol–water partition coefficient (Wildman–Crippen LogP) is 0.0652. The van der Waals surface area contributed by atoms with Crippen molar-refractivity contribution in [2.75, 3.05) is 33.2 Å². The van der Waals surface area contributed by atoms with Crippen molar-refractivity contribution in [1.29, 1.82) is 0 Å². The summed E-state index contributed by atoms with van der Waals surface area (Å²) in [5.41, 5.74) is 0.265. The molecule has 1 atom stereocenters. The molecule has 2 aliphatic heterocycles. The molecule has 2 amide bonds. The lowest BCUT2D eigenvalue weighted by atomic mass is 9.79. The maximum atomic E-state index is 12.0. The molecule has 5 heteroatoms. The summed E-state index contributed by atoms with van der Waals surface area (Å²) in [5.74, 6) is -0.809. The Labute approximate surface area is 108 Å². The van der Waals surface area contributed by atoms with E-state index in [4.69, 9.17) is 0 Å². The van der Waals surface area contributed by atoms with Gasteiger partial charge in [-0.05, 0) is 26.8 Å². The van der Waals surface area contributed by atoms with Crippen LogP contribution in [0.2, 0.25) is 0 Å². The minimum atomic E-state index is -0.450. The van der Waals surface area contributed by atoms with E-state index >= 15 is 0 Å². The molecule has 2 fully saturated rings. The summed E-state index contributed by atoms with van der Waals surface area (Å²) < 4.78 is 0. The van der Waals surface area contributed by atoms with Gasteiger partial charge in [0.1, 0.15) is 0 Å². The summed E-state index contributed by atoms with van der Waals surface area (Å²) in [4.78, 5) is 27.7. The highest BCUT2D eigenvalue weighted by Crippen LogP contribution is 2.38. The molecule has 0 radical (unpaired) electrons. The minimum Gasteiger partial charge on any atom is -0.345 e. The molecule has 2 heterocycles. The first kappa shape index (κ1) is 13.3. The van der Waals surface area contributed by atoms with Crippen LogP contribution in [0.5, 0.6) is 0 Å². The fourth-order valence-corrected chi connectivity index (χ4v) is 3.00. The quantitative estimate of drug-likeness (QED) is 0.708. The standard InChI is InChI=1S/C13H23N3O2/c1-4-10(2)14-11(17)12(18)16-6-5-13(9-16)7-15(3)8-13/h10H,4-9H2,1-3H3,(H,14,17). The highest BCUT2D eigenvalue weighted by Gasteiger charge is 2.47. The van der Waals surface area contributed by atoms with Crippen molar-refractivity contribution in [1.82, 2.24) is 15.1 Å². The van der Waals surface area contributed by atoms with Crippen LogP contribution in [0.25, 0.3) is 0 Å². The second kappa shape index (κ2) is 4.88. The van der Waals surface area contributed by atoms with Crippen molar-refractivity contribution < 1.29 is 9.59 Å². The molecule has 0 bridgehead atoms. The number of rotatable bonds is 2. The number of nitrogens with one attached hydrogen (secondary N) is 1. The van der Waals surface area contributed by atoms with E-state index in [1.807, 2.05) is 13.8 Å². The molecule has 18 heavy (non-hydrogen) atoms. The van der Waals surface area contributed by atoms with Gasteiger partial charge in [-0.2, -0.15) is 0 Å². The Balaban J connectivity index is 1.86. The van der Waals surface area contributed by atoms with Crippen LogP contribution in [0.1, 0.15) is 26.7 Å². The number of hydrogen-bond acceptors (Lipinski definition) is 3. The Bertz CT molecular complexity index is 350. The summed E-state index contributed by atoms with van der Waals surface area (Å²) in [6.07, 6.45) is 1.87. The molecule has 1 unspecified atom stereocenters. The van der Waals surface area contributed by atoms with Gasteiger partial charge in [-0.1, -0.05) is 6.92 Å². The van der Waals surface area contributed by atoms with E-state index in [-0.39, 0.29) is 17.4 Å². The maximum Gasteiger partial charge on any atom is 0.311 e. The number of hydrogen-bond donors (Lipinski definition) is 1. The van der Waals surface area contributed by atoms with Crippen molar-refractivity contribution in [3.63, 3.8) is 0 Å². The van der Waals surface area contributed by atoms with Crippen LogP contribution in [0.3, 0.4) is 0 Å². The van der Waals surface area contributed by atoms with Crippen LogP contribution < -0.4 is 5.32 Å². The number of carbonyl (C=O) groups is 2. The first-order chi connectivity index (χ1) is 8.46. The Morgan fingerprint density at radius 2 is 2.00 bits per heavy atom. The maximum absolute atomic E-state index is 12.0. The van der Waals surface area contributed by atoms with E-state index in [9.17, 15) is 9.59 Å². The summed E-state index contributed by atoms with van der Waals surface area (Å²) in [5, 5.41) is 2.74. The Hall–Kier alpha value is -1.10. The van der Waals surface area contributed by atoms with Crippen molar-refractivity contribution in [3.8, 4) is 0 Å². The SMILES string of the molecule is CCC(C)NC(=O)C(=O)N1CCC2(CN(C)C2)C1. The number of amides is 2. The Kier molecular flexibility index (Phi) is 3.61. The molecule has 0 aromatic heterocycles. The zero-order valence-corrected chi connectivity index (χ0v) is 11.5. The van der Waals surface area contributed by atoms with E-state index in [0.717, 1.165) is 39.0 Å². The fraction of sp³-hybridized carbons (Fsp3) is 0.846. The second-order valence-corrected chi connectivity index (χ2v) is 5.93.